The van der Waals surface area contributed by atoms with Crippen LogP contribution in [0.1, 0.15) is 87.2 Å². The number of nitrogens with one attached hydrogen (secondary N) is 1. The van der Waals surface area contributed by atoms with Crippen molar-refractivity contribution in [2.75, 3.05) is 4.72 Å². The summed E-state index contributed by atoms with van der Waals surface area (Å²) in [5.74, 6) is 1.24. The van der Waals surface area contributed by atoms with Gasteiger partial charge in [-0.25, -0.2) is 4.98 Å². The van der Waals surface area contributed by atoms with Gasteiger partial charge in [-0.15, -0.1) is 0 Å². The summed E-state index contributed by atoms with van der Waals surface area (Å²) in [6.45, 7) is 0. The van der Waals surface area contributed by atoms with Gasteiger partial charge in [0.15, 0.2) is 5.13 Å². The molecule has 0 aliphatic heterocycles. The van der Waals surface area contributed by atoms with E-state index < -0.39 is 11.3 Å². The van der Waals surface area contributed by atoms with Crippen LogP contribution in [0.3, 0.4) is 0 Å². The normalized spacial score (nSPS) is 21.5. The van der Waals surface area contributed by atoms with E-state index in [-0.39, 0.29) is 0 Å². The summed E-state index contributed by atoms with van der Waals surface area (Å²) in [5, 5.41) is 0.487. The zero-order chi connectivity index (χ0) is 17.2. The van der Waals surface area contributed by atoms with Crippen molar-refractivity contribution < 1.29 is 8.76 Å². The van der Waals surface area contributed by atoms with Crippen molar-refractivity contribution in [3.63, 3.8) is 0 Å². The first-order valence-electron chi connectivity index (χ1n) is 9.51. The second kappa shape index (κ2) is 7.72. The molecule has 2 saturated carbocycles. The highest BCUT2D eigenvalue weighted by Gasteiger charge is 2.27. The number of fused-ring (bicyclic) bond motifs is 1. The lowest BCUT2D eigenvalue weighted by atomic mass is 9.75. The van der Waals surface area contributed by atoms with Crippen molar-refractivity contribution >= 4 is 38.0 Å². The lowest BCUT2D eigenvalue weighted by Crippen LogP contribution is -2.13. The second-order valence-corrected chi connectivity index (χ2v) is 9.15. The lowest BCUT2D eigenvalue weighted by Gasteiger charge is -2.29. The standard InChI is InChI=1S/C19H26N2O2S2/c22-25(23)21-19-20-18-16(24-19)12-11-15(13-7-3-1-4-8-13)17(18)14-9-5-2-6-10-14/h11-14H,1-10H2,(H,20,21)(H,22,23)/p-1. The third kappa shape index (κ3) is 3.76. The molecule has 2 aliphatic rings. The van der Waals surface area contributed by atoms with Crippen LogP contribution in [0.5, 0.6) is 0 Å². The van der Waals surface area contributed by atoms with Crippen LogP contribution in [0.2, 0.25) is 0 Å². The zero-order valence-electron chi connectivity index (χ0n) is 14.5. The van der Waals surface area contributed by atoms with Crippen LogP contribution in [-0.4, -0.2) is 13.7 Å². The minimum atomic E-state index is -2.32. The maximum atomic E-state index is 11.0. The molecule has 1 aromatic carbocycles. The van der Waals surface area contributed by atoms with Crippen LogP contribution in [0.25, 0.3) is 10.2 Å². The monoisotopic (exact) mass is 377 g/mol. The minimum Gasteiger partial charge on any atom is -0.755 e. The topological polar surface area (TPSA) is 65.0 Å². The van der Waals surface area contributed by atoms with Crippen molar-refractivity contribution in [2.24, 2.45) is 0 Å². The smallest absolute Gasteiger partial charge is 0.194 e. The molecular formula is C19H25N2O2S2-. The molecule has 2 aliphatic carbocycles. The van der Waals surface area contributed by atoms with E-state index in [4.69, 9.17) is 4.98 Å². The molecule has 0 bridgehead atoms. The van der Waals surface area contributed by atoms with Gasteiger partial charge in [-0.2, -0.15) is 0 Å². The Balaban J connectivity index is 1.80. The Labute approximate surface area is 155 Å². The molecule has 0 spiro atoms. The van der Waals surface area contributed by atoms with Crippen LogP contribution >= 0.6 is 11.3 Å². The van der Waals surface area contributed by atoms with E-state index in [1.807, 2.05) is 0 Å². The highest BCUT2D eigenvalue weighted by molar-refractivity contribution is 7.80. The average molecular weight is 378 g/mol. The Morgan fingerprint density at radius 1 is 1.00 bits per heavy atom. The maximum absolute atomic E-state index is 11.0. The molecule has 1 aromatic heterocycles. The fraction of sp³-hybridized carbons (Fsp3) is 0.632. The van der Waals surface area contributed by atoms with E-state index in [1.165, 1.54) is 86.7 Å². The van der Waals surface area contributed by atoms with E-state index in [2.05, 4.69) is 16.9 Å². The van der Waals surface area contributed by atoms with Gasteiger partial charge in [0, 0.05) is 11.3 Å². The van der Waals surface area contributed by atoms with Gasteiger partial charge in [0.2, 0.25) is 0 Å². The number of nitrogens with zero attached hydrogens (tertiary/aromatic N) is 1. The van der Waals surface area contributed by atoms with Gasteiger partial charge < -0.3 is 4.55 Å². The summed E-state index contributed by atoms with van der Waals surface area (Å²) in [5.41, 5.74) is 3.98. The molecule has 1 heterocycles. The summed E-state index contributed by atoms with van der Waals surface area (Å²) < 4.78 is 25.6. The number of rotatable bonds is 4. The maximum Gasteiger partial charge on any atom is 0.194 e. The Kier molecular flexibility index (Phi) is 5.39. The molecule has 136 valence electrons. The summed E-state index contributed by atoms with van der Waals surface area (Å²) in [4.78, 5) is 4.70. The summed E-state index contributed by atoms with van der Waals surface area (Å²) in [7, 11) is 0. The molecular weight excluding hydrogens is 352 g/mol. The van der Waals surface area contributed by atoms with Crippen LogP contribution in [0.4, 0.5) is 5.13 Å². The summed E-state index contributed by atoms with van der Waals surface area (Å²) in [6, 6.07) is 4.47. The van der Waals surface area contributed by atoms with Crippen molar-refractivity contribution in [3.8, 4) is 0 Å². The zero-order valence-corrected chi connectivity index (χ0v) is 16.1. The fourth-order valence-corrected chi connectivity index (χ4v) is 6.03. The van der Waals surface area contributed by atoms with Crippen molar-refractivity contribution in [2.45, 2.75) is 76.0 Å². The SMILES string of the molecule is O=S([O-])Nc1nc2c(C3CCCCC3)c(C3CCCCC3)ccc2s1. The highest BCUT2D eigenvalue weighted by Crippen LogP contribution is 2.45. The first kappa shape index (κ1) is 17.4. The van der Waals surface area contributed by atoms with Crippen LogP contribution in [0.15, 0.2) is 12.1 Å². The number of hydrogen-bond acceptors (Lipinski definition) is 4. The van der Waals surface area contributed by atoms with Crippen LogP contribution < -0.4 is 4.72 Å². The molecule has 1 atom stereocenters. The van der Waals surface area contributed by atoms with Crippen molar-refractivity contribution in [1.29, 1.82) is 0 Å². The van der Waals surface area contributed by atoms with E-state index >= 15 is 0 Å². The van der Waals surface area contributed by atoms with Gasteiger partial charge in [-0.05, 0) is 54.7 Å². The van der Waals surface area contributed by atoms with Crippen molar-refractivity contribution in [1.82, 2.24) is 4.98 Å². The molecule has 0 amide bonds. The molecule has 0 saturated heterocycles. The predicted octanol–water partition coefficient (Wildman–Crippen LogP) is 5.60. The molecule has 0 radical (unpaired) electrons. The molecule has 1 unspecified atom stereocenters. The molecule has 1 N–H and O–H groups in total. The quantitative estimate of drug-likeness (QED) is 0.706. The van der Waals surface area contributed by atoms with Crippen LogP contribution in [-0.2, 0) is 11.3 Å². The first-order valence-corrected chi connectivity index (χ1v) is 11.4. The van der Waals surface area contributed by atoms with Gasteiger partial charge in [0.05, 0.1) is 10.2 Å². The van der Waals surface area contributed by atoms with E-state index in [9.17, 15) is 8.76 Å². The van der Waals surface area contributed by atoms with E-state index in [0.29, 0.717) is 17.0 Å². The van der Waals surface area contributed by atoms with Gasteiger partial charge >= 0.3 is 0 Å². The Morgan fingerprint density at radius 2 is 1.64 bits per heavy atom. The Bertz CT molecular complexity index is 762. The number of aromatic nitrogens is 1. The van der Waals surface area contributed by atoms with Gasteiger partial charge in [0.1, 0.15) is 0 Å². The molecule has 6 heteroatoms. The number of thiazole rings is 1. The fourth-order valence-electron chi connectivity index (χ4n) is 4.73. The van der Waals surface area contributed by atoms with Crippen LogP contribution in [0, 0.1) is 0 Å². The van der Waals surface area contributed by atoms with Gasteiger partial charge in [0.25, 0.3) is 0 Å². The van der Waals surface area contributed by atoms with Gasteiger partial charge in [-0.1, -0.05) is 55.9 Å². The third-order valence-electron chi connectivity index (χ3n) is 5.86. The van der Waals surface area contributed by atoms with Crippen molar-refractivity contribution in [3.05, 3.63) is 23.3 Å². The summed E-state index contributed by atoms with van der Waals surface area (Å²) >= 11 is -0.872. The Hall–Kier alpha value is -0.980. The largest absolute Gasteiger partial charge is 0.755 e. The second-order valence-electron chi connectivity index (χ2n) is 7.44. The Morgan fingerprint density at radius 3 is 2.28 bits per heavy atom. The van der Waals surface area contributed by atoms with E-state index in [0.717, 1.165) is 10.2 Å². The van der Waals surface area contributed by atoms with E-state index in [1.54, 1.807) is 0 Å². The summed E-state index contributed by atoms with van der Waals surface area (Å²) in [6.07, 6.45) is 13.0. The molecule has 2 fully saturated rings. The first-order chi connectivity index (χ1) is 12.2. The molecule has 4 rings (SSSR count). The molecule has 25 heavy (non-hydrogen) atoms. The number of hydrogen-bond donors (Lipinski definition) is 1. The molecule has 4 nitrogen and oxygen atoms in total. The minimum absolute atomic E-state index is 0.487. The molecule has 2 aromatic rings. The lowest BCUT2D eigenvalue weighted by molar-refractivity contribution is 0.420. The van der Waals surface area contributed by atoms with Gasteiger partial charge in [-0.3, -0.25) is 8.93 Å². The third-order valence-corrected chi connectivity index (χ3v) is 7.29. The average Bonchev–Trinajstić information content (AvgIpc) is 3.04. The highest BCUT2D eigenvalue weighted by atomic mass is 32.2. The number of benzene rings is 1. The number of anilines is 1. The predicted molar refractivity (Wildman–Crippen MR) is 104 cm³/mol.